The van der Waals surface area contributed by atoms with Crippen LogP contribution in [0.3, 0.4) is 0 Å². The first-order chi connectivity index (χ1) is 4.75. The van der Waals surface area contributed by atoms with Crippen LogP contribution in [0, 0.1) is 0 Å². The van der Waals surface area contributed by atoms with Crippen LogP contribution < -0.4 is 0 Å². The largest absolute Gasteiger partial charge is 0.294 e. The van der Waals surface area contributed by atoms with E-state index >= 15 is 0 Å². The molecule has 0 unspecified atom stereocenters. The van der Waals surface area contributed by atoms with Crippen molar-refractivity contribution in [3.8, 4) is 0 Å². The van der Waals surface area contributed by atoms with Crippen molar-refractivity contribution in [2.24, 2.45) is 0 Å². The molecule has 10 heavy (non-hydrogen) atoms. The number of hydrogen-bond acceptors (Lipinski definition) is 2. The second-order valence-corrected chi connectivity index (χ2v) is 3.22. The van der Waals surface area contributed by atoms with Crippen molar-refractivity contribution in [1.82, 2.24) is 9.80 Å². The molecule has 0 spiro atoms. The highest BCUT2D eigenvalue weighted by molar-refractivity contribution is 4.75. The van der Waals surface area contributed by atoms with Gasteiger partial charge < -0.3 is 0 Å². The summed E-state index contributed by atoms with van der Waals surface area (Å²) < 4.78 is 0. The maximum Gasteiger partial charge on any atom is 0.0617 e. The number of rotatable bonds is 2. The quantitative estimate of drug-likeness (QED) is 0.567. The van der Waals surface area contributed by atoms with Crippen LogP contribution in [-0.4, -0.2) is 43.2 Å². The summed E-state index contributed by atoms with van der Waals surface area (Å²) >= 11 is 0. The number of nitrogens with zero attached hydrogens (tertiary/aromatic N) is 2. The van der Waals surface area contributed by atoms with Gasteiger partial charge in [0.2, 0.25) is 0 Å². The van der Waals surface area contributed by atoms with Crippen LogP contribution in [0.15, 0.2) is 0 Å². The minimum Gasteiger partial charge on any atom is -0.294 e. The highest BCUT2D eigenvalue weighted by atomic mass is 15.3. The zero-order valence-electron chi connectivity index (χ0n) is 7.30. The van der Waals surface area contributed by atoms with E-state index in [0.29, 0.717) is 6.17 Å². The molecule has 0 aromatic heterocycles. The molecular formula is C8H18N2. The van der Waals surface area contributed by atoms with Crippen LogP contribution >= 0.6 is 0 Å². The van der Waals surface area contributed by atoms with Gasteiger partial charge in [-0.15, -0.1) is 0 Å². The van der Waals surface area contributed by atoms with Crippen molar-refractivity contribution < 1.29 is 0 Å². The fraction of sp³-hybridized carbons (Fsp3) is 1.00. The molecule has 60 valence electrons. The second-order valence-electron chi connectivity index (χ2n) is 3.22. The first-order valence-corrected chi connectivity index (χ1v) is 4.16. The summed E-state index contributed by atoms with van der Waals surface area (Å²) in [5, 5.41) is 0. The Morgan fingerprint density at radius 3 is 2.60 bits per heavy atom. The fourth-order valence-electron chi connectivity index (χ4n) is 1.76. The van der Waals surface area contributed by atoms with Gasteiger partial charge in [0.25, 0.3) is 0 Å². The van der Waals surface area contributed by atoms with Crippen LogP contribution in [0.4, 0.5) is 0 Å². The zero-order valence-corrected chi connectivity index (χ0v) is 7.30. The van der Waals surface area contributed by atoms with Crippen LogP contribution in [0.1, 0.15) is 19.8 Å². The van der Waals surface area contributed by atoms with Gasteiger partial charge in [0, 0.05) is 0 Å². The molecule has 1 atom stereocenters. The van der Waals surface area contributed by atoms with Gasteiger partial charge in [0.1, 0.15) is 0 Å². The van der Waals surface area contributed by atoms with Gasteiger partial charge in [0.15, 0.2) is 0 Å². The topological polar surface area (TPSA) is 6.48 Å². The lowest BCUT2D eigenvalue weighted by Gasteiger charge is -2.28. The highest BCUT2D eigenvalue weighted by Crippen LogP contribution is 2.17. The second kappa shape index (κ2) is 3.35. The molecule has 1 fully saturated rings. The lowest BCUT2D eigenvalue weighted by Crippen LogP contribution is -2.39. The highest BCUT2D eigenvalue weighted by Gasteiger charge is 2.23. The van der Waals surface area contributed by atoms with Gasteiger partial charge in [-0.05, 0) is 40.0 Å². The molecule has 2 heteroatoms. The number of hydrogen-bond donors (Lipinski definition) is 0. The SMILES string of the molecule is CCN1CCC[C@H]1N(C)C. The third-order valence-corrected chi connectivity index (χ3v) is 2.33. The molecule has 0 bridgehead atoms. The molecule has 0 N–H and O–H groups in total. The Hall–Kier alpha value is -0.0800. The van der Waals surface area contributed by atoms with Crippen LogP contribution in [0.2, 0.25) is 0 Å². The first kappa shape index (κ1) is 8.02. The molecule has 1 saturated heterocycles. The van der Waals surface area contributed by atoms with E-state index < -0.39 is 0 Å². The molecule has 1 aliphatic rings. The Morgan fingerprint density at radius 2 is 2.20 bits per heavy atom. The predicted octanol–water partition coefficient (Wildman–Crippen LogP) is 0.990. The molecule has 0 saturated carbocycles. The Balaban J connectivity index is 2.42. The predicted molar refractivity (Wildman–Crippen MR) is 44.0 cm³/mol. The third-order valence-electron chi connectivity index (χ3n) is 2.33. The lowest BCUT2D eigenvalue weighted by atomic mass is 10.3. The Morgan fingerprint density at radius 1 is 1.50 bits per heavy atom. The van der Waals surface area contributed by atoms with E-state index in [-0.39, 0.29) is 0 Å². The van der Waals surface area contributed by atoms with Crippen molar-refractivity contribution in [1.29, 1.82) is 0 Å². The monoisotopic (exact) mass is 142 g/mol. The zero-order chi connectivity index (χ0) is 7.56. The summed E-state index contributed by atoms with van der Waals surface area (Å²) in [5.74, 6) is 0. The van der Waals surface area contributed by atoms with Gasteiger partial charge in [-0.3, -0.25) is 9.80 Å². The maximum absolute atomic E-state index is 2.53. The van der Waals surface area contributed by atoms with Crippen molar-refractivity contribution in [2.75, 3.05) is 27.2 Å². The summed E-state index contributed by atoms with van der Waals surface area (Å²) in [6, 6.07) is 0. The van der Waals surface area contributed by atoms with E-state index in [1.165, 1.54) is 25.9 Å². The minimum absolute atomic E-state index is 0.713. The molecular weight excluding hydrogens is 124 g/mol. The van der Waals surface area contributed by atoms with Crippen molar-refractivity contribution >= 4 is 0 Å². The van der Waals surface area contributed by atoms with Crippen molar-refractivity contribution in [3.05, 3.63) is 0 Å². The molecule has 0 aromatic carbocycles. The van der Waals surface area contributed by atoms with E-state index in [0.717, 1.165) is 0 Å². The Labute approximate surface area is 63.8 Å². The van der Waals surface area contributed by atoms with Crippen LogP contribution in [-0.2, 0) is 0 Å². The van der Waals surface area contributed by atoms with Gasteiger partial charge in [0.05, 0.1) is 6.17 Å². The number of likely N-dealkylation sites (tertiary alicyclic amines) is 1. The van der Waals surface area contributed by atoms with Gasteiger partial charge in [-0.25, -0.2) is 0 Å². The van der Waals surface area contributed by atoms with Crippen molar-refractivity contribution in [2.45, 2.75) is 25.9 Å². The van der Waals surface area contributed by atoms with Crippen molar-refractivity contribution in [3.63, 3.8) is 0 Å². The normalized spacial score (nSPS) is 28.2. The van der Waals surface area contributed by atoms with E-state index in [9.17, 15) is 0 Å². The lowest BCUT2D eigenvalue weighted by molar-refractivity contribution is 0.126. The standard InChI is InChI=1S/C8H18N2/c1-4-10-7-5-6-8(10)9(2)3/h8H,4-7H2,1-3H3/t8-/m0/s1. The molecule has 0 amide bonds. The summed E-state index contributed by atoms with van der Waals surface area (Å²) in [4.78, 5) is 4.84. The smallest absolute Gasteiger partial charge is 0.0617 e. The molecule has 1 aliphatic heterocycles. The van der Waals surface area contributed by atoms with Crippen LogP contribution in [0.25, 0.3) is 0 Å². The molecule has 1 heterocycles. The van der Waals surface area contributed by atoms with Crippen LogP contribution in [0.5, 0.6) is 0 Å². The maximum atomic E-state index is 2.53. The fourth-order valence-corrected chi connectivity index (χ4v) is 1.76. The Kier molecular flexibility index (Phi) is 2.69. The van der Waals surface area contributed by atoms with E-state index in [1.54, 1.807) is 0 Å². The summed E-state index contributed by atoms with van der Waals surface area (Å²) in [7, 11) is 4.33. The summed E-state index contributed by atoms with van der Waals surface area (Å²) in [6.45, 7) is 4.73. The van der Waals surface area contributed by atoms with E-state index in [1.807, 2.05) is 0 Å². The third kappa shape index (κ3) is 1.50. The average Bonchev–Trinajstić information content (AvgIpc) is 2.33. The molecule has 0 aliphatic carbocycles. The molecule has 2 nitrogen and oxygen atoms in total. The van der Waals surface area contributed by atoms with E-state index in [4.69, 9.17) is 0 Å². The van der Waals surface area contributed by atoms with Gasteiger partial charge in [-0.1, -0.05) is 6.92 Å². The Bertz CT molecular complexity index is 101. The minimum atomic E-state index is 0.713. The molecule has 1 rings (SSSR count). The molecule has 0 radical (unpaired) electrons. The average molecular weight is 142 g/mol. The van der Waals surface area contributed by atoms with E-state index in [2.05, 4.69) is 30.8 Å². The summed E-state index contributed by atoms with van der Waals surface area (Å²) in [6.07, 6.45) is 3.43. The summed E-state index contributed by atoms with van der Waals surface area (Å²) in [5.41, 5.74) is 0. The van der Waals surface area contributed by atoms with Gasteiger partial charge >= 0.3 is 0 Å². The molecule has 0 aromatic rings. The van der Waals surface area contributed by atoms with Gasteiger partial charge in [-0.2, -0.15) is 0 Å². The first-order valence-electron chi connectivity index (χ1n) is 4.16.